The van der Waals surface area contributed by atoms with Crippen LogP contribution in [-0.4, -0.2) is 10.1 Å². The van der Waals surface area contributed by atoms with Gasteiger partial charge in [0.1, 0.15) is 0 Å². The third-order valence-electron chi connectivity index (χ3n) is 2.38. The highest BCUT2D eigenvalue weighted by Gasteiger charge is 2.03. The van der Waals surface area contributed by atoms with Gasteiger partial charge in [0.25, 0.3) is 0 Å². The first kappa shape index (κ1) is 12.1. The molecule has 0 aliphatic rings. The maximum atomic E-state index is 6.13. The van der Waals surface area contributed by atoms with Crippen LogP contribution in [0.1, 0.15) is 22.8 Å². The number of aryl methyl sites for hydroxylation is 2. The van der Waals surface area contributed by atoms with E-state index in [0.29, 0.717) is 24.8 Å². The van der Waals surface area contributed by atoms with E-state index < -0.39 is 0 Å². The Hall–Kier alpha value is -1.39. The fourth-order valence-electron chi connectivity index (χ4n) is 1.52. The molecule has 0 saturated carbocycles. The minimum Gasteiger partial charge on any atom is -0.340 e. The Bertz CT molecular complexity index is 510. The summed E-state index contributed by atoms with van der Waals surface area (Å²) in [7, 11) is 0. The molecule has 1 heterocycles. The molecule has 4 nitrogen and oxygen atoms in total. The Morgan fingerprint density at radius 2 is 2.12 bits per heavy atom. The number of halogens is 1. The summed E-state index contributed by atoms with van der Waals surface area (Å²) in [5, 5.41) is 7.80. The molecular weight excluding hydrogens is 238 g/mol. The Morgan fingerprint density at radius 3 is 2.76 bits per heavy atom. The summed E-state index contributed by atoms with van der Waals surface area (Å²) in [6, 6.07) is 6.02. The molecule has 0 aliphatic heterocycles. The third kappa shape index (κ3) is 3.28. The number of nitrogens with zero attached hydrogens (tertiary/aromatic N) is 2. The minimum absolute atomic E-state index is 0.571. The largest absolute Gasteiger partial charge is 0.340 e. The van der Waals surface area contributed by atoms with Gasteiger partial charge in [0.15, 0.2) is 5.82 Å². The fraction of sp³-hybridized carbons (Fsp3) is 0.333. The number of rotatable bonds is 4. The molecule has 17 heavy (non-hydrogen) atoms. The van der Waals surface area contributed by atoms with Crippen molar-refractivity contribution in [1.29, 1.82) is 0 Å². The molecule has 90 valence electrons. The summed E-state index contributed by atoms with van der Waals surface area (Å²) in [6.45, 7) is 5.05. The zero-order chi connectivity index (χ0) is 12.3. The van der Waals surface area contributed by atoms with Crippen molar-refractivity contribution in [2.24, 2.45) is 0 Å². The Labute approximate surface area is 105 Å². The molecule has 0 unspecified atom stereocenters. The van der Waals surface area contributed by atoms with Crippen molar-refractivity contribution in [1.82, 2.24) is 15.5 Å². The van der Waals surface area contributed by atoms with Crippen LogP contribution in [0.3, 0.4) is 0 Å². The van der Waals surface area contributed by atoms with E-state index in [1.165, 1.54) is 0 Å². The van der Waals surface area contributed by atoms with Crippen LogP contribution < -0.4 is 5.32 Å². The zero-order valence-corrected chi connectivity index (χ0v) is 10.6. The minimum atomic E-state index is 0.571. The second-order valence-corrected chi connectivity index (χ2v) is 4.34. The SMILES string of the molecule is Cc1ccc(CNCc2noc(C)n2)c(Cl)c1. The maximum Gasteiger partial charge on any atom is 0.223 e. The summed E-state index contributed by atoms with van der Waals surface area (Å²) in [5.41, 5.74) is 2.23. The molecule has 0 bridgehead atoms. The predicted octanol–water partition coefficient (Wildman–Crippen LogP) is 2.63. The summed E-state index contributed by atoms with van der Waals surface area (Å²) < 4.78 is 4.88. The fourth-order valence-corrected chi connectivity index (χ4v) is 1.82. The van der Waals surface area contributed by atoms with Gasteiger partial charge in [0, 0.05) is 18.5 Å². The quantitative estimate of drug-likeness (QED) is 0.908. The van der Waals surface area contributed by atoms with Crippen molar-refractivity contribution < 1.29 is 4.52 Å². The molecule has 1 aromatic carbocycles. The van der Waals surface area contributed by atoms with E-state index in [-0.39, 0.29) is 0 Å². The average molecular weight is 252 g/mol. The molecule has 0 radical (unpaired) electrons. The van der Waals surface area contributed by atoms with Crippen molar-refractivity contribution in [2.75, 3.05) is 0 Å². The molecule has 0 fully saturated rings. The first-order valence-electron chi connectivity index (χ1n) is 5.40. The highest BCUT2D eigenvalue weighted by molar-refractivity contribution is 6.31. The summed E-state index contributed by atoms with van der Waals surface area (Å²) >= 11 is 6.13. The molecule has 2 aromatic rings. The summed E-state index contributed by atoms with van der Waals surface area (Å²) in [4.78, 5) is 4.11. The van der Waals surface area contributed by atoms with Gasteiger partial charge in [-0.05, 0) is 24.1 Å². The average Bonchev–Trinajstić information content (AvgIpc) is 2.68. The van der Waals surface area contributed by atoms with Crippen LogP contribution >= 0.6 is 11.6 Å². The van der Waals surface area contributed by atoms with E-state index in [9.17, 15) is 0 Å². The molecule has 1 N–H and O–H groups in total. The van der Waals surface area contributed by atoms with E-state index in [1.54, 1.807) is 6.92 Å². The lowest BCUT2D eigenvalue weighted by Crippen LogP contribution is -2.14. The molecule has 1 aromatic heterocycles. The lowest BCUT2D eigenvalue weighted by Gasteiger charge is -2.05. The van der Waals surface area contributed by atoms with Crippen molar-refractivity contribution in [3.05, 3.63) is 46.1 Å². The van der Waals surface area contributed by atoms with Crippen LogP contribution in [0.25, 0.3) is 0 Å². The third-order valence-corrected chi connectivity index (χ3v) is 2.73. The number of hydrogen-bond donors (Lipinski definition) is 1. The van der Waals surface area contributed by atoms with Gasteiger partial charge in [-0.1, -0.05) is 28.9 Å². The van der Waals surface area contributed by atoms with Gasteiger partial charge in [0.2, 0.25) is 5.89 Å². The number of benzene rings is 1. The van der Waals surface area contributed by atoms with Gasteiger partial charge in [-0.2, -0.15) is 4.98 Å². The first-order chi connectivity index (χ1) is 8.15. The van der Waals surface area contributed by atoms with E-state index in [2.05, 4.69) is 15.5 Å². The van der Waals surface area contributed by atoms with Crippen LogP contribution in [0.15, 0.2) is 22.7 Å². The predicted molar refractivity (Wildman–Crippen MR) is 65.8 cm³/mol. The van der Waals surface area contributed by atoms with Crippen molar-refractivity contribution in [3.8, 4) is 0 Å². The topological polar surface area (TPSA) is 51.0 Å². The smallest absolute Gasteiger partial charge is 0.223 e. The van der Waals surface area contributed by atoms with Crippen LogP contribution in [0, 0.1) is 13.8 Å². The van der Waals surface area contributed by atoms with Gasteiger partial charge in [-0.3, -0.25) is 0 Å². The standard InChI is InChI=1S/C12H14ClN3O/c1-8-3-4-10(11(13)5-8)6-14-7-12-15-9(2)17-16-12/h3-5,14H,6-7H2,1-2H3. The Kier molecular flexibility index (Phi) is 3.76. The number of hydrogen-bond acceptors (Lipinski definition) is 4. The van der Waals surface area contributed by atoms with Crippen molar-refractivity contribution >= 4 is 11.6 Å². The normalized spacial score (nSPS) is 10.8. The molecular formula is C12H14ClN3O. The van der Waals surface area contributed by atoms with Crippen LogP contribution in [-0.2, 0) is 13.1 Å². The van der Waals surface area contributed by atoms with Gasteiger partial charge in [-0.15, -0.1) is 0 Å². The van der Waals surface area contributed by atoms with Crippen molar-refractivity contribution in [2.45, 2.75) is 26.9 Å². The Morgan fingerprint density at radius 1 is 1.29 bits per heavy atom. The maximum absolute atomic E-state index is 6.13. The van der Waals surface area contributed by atoms with E-state index in [1.807, 2.05) is 25.1 Å². The van der Waals surface area contributed by atoms with E-state index in [4.69, 9.17) is 16.1 Å². The Balaban J connectivity index is 1.90. The highest BCUT2D eigenvalue weighted by atomic mass is 35.5. The van der Waals surface area contributed by atoms with Gasteiger partial charge in [0.05, 0.1) is 6.54 Å². The number of aromatic nitrogens is 2. The first-order valence-corrected chi connectivity index (χ1v) is 5.78. The van der Waals surface area contributed by atoms with Gasteiger partial charge < -0.3 is 9.84 Å². The van der Waals surface area contributed by atoms with E-state index >= 15 is 0 Å². The lowest BCUT2D eigenvalue weighted by molar-refractivity contribution is 0.385. The molecule has 0 aliphatic carbocycles. The van der Waals surface area contributed by atoms with Gasteiger partial charge >= 0.3 is 0 Å². The lowest BCUT2D eigenvalue weighted by atomic mass is 10.1. The monoisotopic (exact) mass is 251 g/mol. The summed E-state index contributed by atoms with van der Waals surface area (Å²) in [6.07, 6.45) is 0. The molecule has 5 heteroatoms. The second kappa shape index (κ2) is 5.29. The van der Waals surface area contributed by atoms with Crippen LogP contribution in [0.5, 0.6) is 0 Å². The molecule has 0 amide bonds. The van der Waals surface area contributed by atoms with Crippen molar-refractivity contribution in [3.63, 3.8) is 0 Å². The van der Waals surface area contributed by atoms with Crippen LogP contribution in [0.2, 0.25) is 5.02 Å². The van der Waals surface area contributed by atoms with Crippen LogP contribution in [0.4, 0.5) is 0 Å². The number of nitrogens with one attached hydrogen (secondary N) is 1. The summed E-state index contributed by atoms with van der Waals surface area (Å²) in [5.74, 6) is 1.24. The molecule has 2 rings (SSSR count). The molecule has 0 saturated heterocycles. The van der Waals surface area contributed by atoms with E-state index in [0.717, 1.165) is 16.1 Å². The zero-order valence-electron chi connectivity index (χ0n) is 9.83. The van der Waals surface area contributed by atoms with Gasteiger partial charge in [-0.25, -0.2) is 0 Å². The highest BCUT2D eigenvalue weighted by Crippen LogP contribution is 2.17. The molecule has 0 spiro atoms. The molecule has 0 atom stereocenters. The second-order valence-electron chi connectivity index (χ2n) is 3.93.